The number of carbonyl (C=O) groups is 2. The number of nitrogens with one attached hydrogen (secondary N) is 1. The highest BCUT2D eigenvalue weighted by molar-refractivity contribution is 6.05. The van der Waals surface area contributed by atoms with E-state index in [9.17, 15) is 9.59 Å². The fourth-order valence-electron chi connectivity index (χ4n) is 4.16. The number of fused-ring (bicyclic) bond motifs is 1. The Kier molecular flexibility index (Phi) is 5.34. The smallest absolute Gasteiger partial charge is 0.251 e. The first kappa shape index (κ1) is 17.2. The highest BCUT2D eigenvalue weighted by Crippen LogP contribution is 2.25. The molecule has 130 valence electrons. The molecule has 1 fully saturated rings. The molecule has 1 heterocycles. The zero-order valence-corrected chi connectivity index (χ0v) is 14.8. The van der Waals surface area contributed by atoms with Crippen molar-refractivity contribution in [1.29, 1.82) is 0 Å². The van der Waals surface area contributed by atoms with Gasteiger partial charge in [0.1, 0.15) is 0 Å². The van der Waals surface area contributed by atoms with Crippen molar-refractivity contribution in [3.63, 3.8) is 0 Å². The second-order valence-electron chi connectivity index (χ2n) is 7.28. The van der Waals surface area contributed by atoms with Crippen LogP contribution in [-0.4, -0.2) is 41.8 Å². The summed E-state index contributed by atoms with van der Waals surface area (Å²) in [7, 11) is 0. The third kappa shape index (κ3) is 3.54. The van der Waals surface area contributed by atoms with Gasteiger partial charge in [-0.1, -0.05) is 18.6 Å². The summed E-state index contributed by atoms with van der Waals surface area (Å²) < 4.78 is 0. The molecule has 1 aliphatic heterocycles. The van der Waals surface area contributed by atoms with E-state index in [0.717, 1.165) is 17.5 Å². The minimum absolute atomic E-state index is 0.0338. The van der Waals surface area contributed by atoms with Crippen LogP contribution in [0.4, 0.5) is 0 Å². The fraction of sp³-hybridized carbons (Fsp3) is 0.600. The molecule has 0 bridgehead atoms. The number of amides is 1. The topological polar surface area (TPSA) is 49.4 Å². The van der Waals surface area contributed by atoms with Crippen LogP contribution in [0, 0.1) is 0 Å². The molecule has 1 aromatic carbocycles. The van der Waals surface area contributed by atoms with Gasteiger partial charge < -0.3 is 5.32 Å². The Hall–Kier alpha value is -1.68. The van der Waals surface area contributed by atoms with Crippen molar-refractivity contribution in [3.8, 4) is 0 Å². The molecule has 1 aromatic rings. The summed E-state index contributed by atoms with van der Waals surface area (Å²) in [5, 5.41) is 3.07. The van der Waals surface area contributed by atoms with Crippen LogP contribution in [0.3, 0.4) is 0 Å². The zero-order valence-electron chi connectivity index (χ0n) is 14.8. The Morgan fingerprint density at radius 3 is 2.92 bits per heavy atom. The van der Waals surface area contributed by atoms with E-state index in [0.29, 0.717) is 37.0 Å². The number of hydrogen-bond donors (Lipinski definition) is 1. The molecular formula is C20H28N2O2. The van der Waals surface area contributed by atoms with E-state index in [1.165, 1.54) is 25.8 Å². The van der Waals surface area contributed by atoms with Gasteiger partial charge in [-0.15, -0.1) is 0 Å². The van der Waals surface area contributed by atoms with Gasteiger partial charge in [0.2, 0.25) is 0 Å². The van der Waals surface area contributed by atoms with Crippen molar-refractivity contribution in [2.24, 2.45) is 0 Å². The number of Topliss-reactive ketones (excluding diaryl/α,β-unsaturated/α-hetero) is 1. The minimum Gasteiger partial charge on any atom is -0.352 e. The Balaban J connectivity index is 1.58. The maximum Gasteiger partial charge on any atom is 0.251 e. The third-order valence-electron chi connectivity index (χ3n) is 5.42. The number of ketones is 1. The van der Waals surface area contributed by atoms with E-state index >= 15 is 0 Å². The average Bonchev–Trinajstić information content (AvgIpc) is 2.96. The van der Waals surface area contributed by atoms with E-state index in [1.807, 2.05) is 18.2 Å². The lowest BCUT2D eigenvalue weighted by molar-refractivity contribution is 0.0912. The Labute approximate surface area is 144 Å². The Bertz CT molecular complexity index is 624. The van der Waals surface area contributed by atoms with Gasteiger partial charge in [-0.3, -0.25) is 14.5 Å². The molecule has 24 heavy (non-hydrogen) atoms. The van der Waals surface area contributed by atoms with E-state index in [-0.39, 0.29) is 11.7 Å². The van der Waals surface area contributed by atoms with Gasteiger partial charge in [0.15, 0.2) is 5.78 Å². The molecule has 1 amide bonds. The highest BCUT2D eigenvalue weighted by Gasteiger charge is 2.26. The van der Waals surface area contributed by atoms with Crippen molar-refractivity contribution in [2.45, 2.75) is 64.5 Å². The van der Waals surface area contributed by atoms with E-state index in [2.05, 4.69) is 24.1 Å². The molecule has 1 N–H and O–H groups in total. The molecule has 1 atom stereocenters. The van der Waals surface area contributed by atoms with Crippen LogP contribution in [0.5, 0.6) is 0 Å². The van der Waals surface area contributed by atoms with E-state index < -0.39 is 0 Å². The second-order valence-corrected chi connectivity index (χ2v) is 7.28. The molecule has 0 aromatic heterocycles. The van der Waals surface area contributed by atoms with Crippen LogP contribution in [0.2, 0.25) is 0 Å². The lowest BCUT2D eigenvalue weighted by Gasteiger charge is -2.38. The lowest BCUT2D eigenvalue weighted by Crippen LogP contribution is -2.45. The lowest BCUT2D eigenvalue weighted by atomic mass is 9.97. The van der Waals surface area contributed by atoms with Gasteiger partial charge in [0.05, 0.1) is 0 Å². The van der Waals surface area contributed by atoms with Crippen LogP contribution in [0.15, 0.2) is 18.2 Å². The molecule has 2 aliphatic rings. The van der Waals surface area contributed by atoms with Crippen LogP contribution in [0.1, 0.15) is 72.2 Å². The van der Waals surface area contributed by atoms with Crippen molar-refractivity contribution < 1.29 is 9.59 Å². The largest absolute Gasteiger partial charge is 0.352 e. The summed E-state index contributed by atoms with van der Waals surface area (Å²) >= 11 is 0. The molecule has 1 aliphatic carbocycles. The molecular weight excluding hydrogens is 300 g/mol. The van der Waals surface area contributed by atoms with Crippen LogP contribution in [-0.2, 0) is 6.42 Å². The summed E-state index contributed by atoms with van der Waals surface area (Å²) in [5.74, 6) is 0.128. The molecule has 3 rings (SSSR count). The Morgan fingerprint density at radius 1 is 1.29 bits per heavy atom. The number of benzene rings is 1. The van der Waals surface area contributed by atoms with Gasteiger partial charge in [-0.2, -0.15) is 0 Å². The van der Waals surface area contributed by atoms with Crippen molar-refractivity contribution in [3.05, 3.63) is 34.9 Å². The summed E-state index contributed by atoms with van der Waals surface area (Å²) in [6.07, 6.45) is 6.02. The monoisotopic (exact) mass is 328 g/mol. The molecule has 0 saturated carbocycles. The van der Waals surface area contributed by atoms with Gasteiger partial charge in [0.25, 0.3) is 5.91 Å². The number of hydrogen-bond acceptors (Lipinski definition) is 3. The Morgan fingerprint density at radius 2 is 2.12 bits per heavy atom. The fourth-order valence-corrected chi connectivity index (χ4v) is 4.16. The predicted octanol–water partition coefficient (Wildman–Crippen LogP) is 3.20. The van der Waals surface area contributed by atoms with E-state index in [4.69, 9.17) is 0 Å². The van der Waals surface area contributed by atoms with Gasteiger partial charge in [-0.05, 0) is 57.7 Å². The SMILES string of the molecule is CC(C)N1CCCCC1CCNC(=O)c1cccc2c1CCC2=O. The van der Waals surface area contributed by atoms with Gasteiger partial charge in [0, 0.05) is 36.2 Å². The first-order chi connectivity index (χ1) is 11.6. The molecule has 0 spiro atoms. The quantitative estimate of drug-likeness (QED) is 0.903. The first-order valence-corrected chi connectivity index (χ1v) is 9.27. The van der Waals surface area contributed by atoms with Crippen molar-refractivity contribution in [2.75, 3.05) is 13.1 Å². The summed E-state index contributed by atoms with van der Waals surface area (Å²) in [6.45, 7) is 6.37. The van der Waals surface area contributed by atoms with Crippen LogP contribution < -0.4 is 5.32 Å². The third-order valence-corrected chi connectivity index (χ3v) is 5.42. The van der Waals surface area contributed by atoms with Gasteiger partial charge >= 0.3 is 0 Å². The molecule has 4 heteroatoms. The van der Waals surface area contributed by atoms with Gasteiger partial charge in [-0.25, -0.2) is 0 Å². The second kappa shape index (κ2) is 7.47. The molecule has 1 saturated heterocycles. The van der Waals surface area contributed by atoms with Crippen molar-refractivity contribution >= 4 is 11.7 Å². The number of carbonyl (C=O) groups excluding carboxylic acids is 2. The number of likely N-dealkylation sites (tertiary alicyclic amines) is 1. The van der Waals surface area contributed by atoms with Crippen LogP contribution >= 0.6 is 0 Å². The molecule has 4 nitrogen and oxygen atoms in total. The highest BCUT2D eigenvalue weighted by atomic mass is 16.1. The van der Waals surface area contributed by atoms with Crippen molar-refractivity contribution in [1.82, 2.24) is 10.2 Å². The molecule has 0 radical (unpaired) electrons. The normalized spacial score (nSPS) is 21.1. The maximum atomic E-state index is 12.5. The standard InChI is InChI=1S/C20H28N2O2/c1-14(2)22-13-4-3-6-15(22)11-12-21-20(24)18-8-5-7-17-16(18)9-10-19(17)23/h5,7-8,14-15H,3-4,6,9-13H2,1-2H3,(H,21,24). The average molecular weight is 328 g/mol. The summed E-state index contributed by atoms with van der Waals surface area (Å²) in [4.78, 5) is 26.9. The first-order valence-electron chi connectivity index (χ1n) is 9.27. The summed E-state index contributed by atoms with van der Waals surface area (Å²) in [6, 6.07) is 6.63. The molecule has 1 unspecified atom stereocenters. The maximum absolute atomic E-state index is 12.5. The number of rotatable bonds is 5. The van der Waals surface area contributed by atoms with E-state index in [1.54, 1.807) is 0 Å². The summed E-state index contributed by atoms with van der Waals surface area (Å²) in [5.41, 5.74) is 2.35. The number of piperidine rings is 1. The zero-order chi connectivity index (χ0) is 17.1. The van der Waals surface area contributed by atoms with Crippen LogP contribution in [0.25, 0.3) is 0 Å². The number of nitrogens with zero attached hydrogens (tertiary/aromatic N) is 1. The predicted molar refractivity (Wildman–Crippen MR) is 95.5 cm³/mol. The minimum atomic E-state index is -0.0338.